The van der Waals surface area contributed by atoms with E-state index in [0.717, 1.165) is 17.1 Å². The van der Waals surface area contributed by atoms with E-state index in [4.69, 9.17) is 4.42 Å². The van der Waals surface area contributed by atoms with Crippen molar-refractivity contribution in [2.45, 2.75) is 26.2 Å². The molecular weight excluding hydrogens is 203 g/mol. The Morgan fingerprint density at radius 1 is 0.938 bits per heavy atom. The molecule has 0 aliphatic carbocycles. The highest BCUT2D eigenvalue weighted by atomic mass is 19.1. The molecule has 2 rings (SSSR count). The third kappa shape index (κ3) is 2.16. The minimum atomic E-state index is -0.230. The van der Waals surface area contributed by atoms with Crippen molar-refractivity contribution in [3.63, 3.8) is 0 Å². The number of halogens is 1. The van der Waals surface area contributed by atoms with Crippen molar-refractivity contribution in [2.75, 3.05) is 0 Å². The lowest BCUT2D eigenvalue weighted by atomic mass is 9.94. The lowest BCUT2D eigenvalue weighted by molar-refractivity contribution is 0.417. The largest absolute Gasteiger partial charge is 0.461 e. The molecule has 0 radical (unpaired) electrons. The first-order valence-corrected chi connectivity index (χ1v) is 5.33. The highest BCUT2D eigenvalue weighted by Gasteiger charge is 2.18. The zero-order chi connectivity index (χ0) is 11.8. The van der Waals surface area contributed by atoms with E-state index in [1.807, 2.05) is 12.1 Å². The summed E-state index contributed by atoms with van der Waals surface area (Å²) in [5, 5.41) is 0. The van der Waals surface area contributed by atoms with Crippen molar-refractivity contribution >= 4 is 0 Å². The fourth-order valence-electron chi connectivity index (χ4n) is 1.51. The lowest BCUT2D eigenvalue weighted by Crippen LogP contribution is -2.08. The smallest absolute Gasteiger partial charge is 0.134 e. The van der Waals surface area contributed by atoms with E-state index in [1.165, 1.54) is 12.1 Å². The van der Waals surface area contributed by atoms with Gasteiger partial charge in [0.15, 0.2) is 0 Å². The van der Waals surface area contributed by atoms with Gasteiger partial charge in [0.05, 0.1) is 0 Å². The summed E-state index contributed by atoms with van der Waals surface area (Å²) >= 11 is 0. The minimum Gasteiger partial charge on any atom is -0.461 e. The van der Waals surface area contributed by atoms with Gasteiger partial charge in [-0.25, -0.2) is 4.39 Å². The maximum Gasteiger partial charge on any atom is 0.134 e. The molecule has 0 aliphatic rings. The van der Waals surface area contributed by atoms with Gasteiger partial charge in [0.25, 0.3) is 0 Å². The Kier molecular flexibility index (Phi) is 2.58. The highest BCUT2D eigenvalue weighted by Crippen LogP contribution is 2.29. The molecule has 0 aliphatic heterocycles. The van der Waals surface area contributed by atoms with Crippen molar-refractivity contribution in [3.05, 3.63) is 48.0 Å². The monoisotopic (exact) mass is 218 g/mol. The van der Waals surface area contributed by atoms with Crippen molar-refractivity contribution in [3.8, 4) is 11.3 Å². The van der Waals surface area contributed by atoms with Gasteiger partial charge in [-0.1, -0.05) is 20.8 Å². The van der Waals surface area contributed by atoms with Gasteiger partial charge in [-0.05, 0) is 36.4 Å². The molecule has 1 heterocycles. The second kappa shape index (κ2) is 3.78. The fraction of sp³-hybridized carbons (Fsp3) is 0.286. The van der Waals surface area contributed by atoms with Crippen molar-refractivity contribution in [2.24, 2.45) is 0 Å². The summed E-state index contributed by atoms with van der Waals surface area (Å²) in [6, 6.07) is 10.2. The number of rotatable bonds is 1. The van der Waals surface area contributed by atoms with Gasteiger partial charge in [-0.15, -0.1) is 0 Å². The molecule has 0 atom stereocenters. The molecule has 0 amide bonds. The van der Waals surface area contributed by atoms with Crippen LogP contribution in [-0.2, 0) is 5.41 Å². The van der Waals surface area contributed by atoms with E-state index in [-0.39, 0.29) is 11.2 Å². The predicted octanol–water partition coefficient (Wildman–Crippen LogP) is 4.38. The summed E-state index contributed by atoms with van der Waals surface area (Å²) in [5.74, 6) is 1.49. The van der Waals surface area contributed by atoms with E-state index < -0.39 is 0 Å². The van der Waals surface area contributed by atoms with Crippen LogP contribution in [0.4, 0.5) is 4.39 Å². The van der Waals surface area contributed by atoms with Gasteiger partial charge in [0.1, 0.15) is 17.3 Å². The third-order valence-corrected chi connectivity index (χ3v) is 2.47. The molecule has 0 saturated heterocycles. The summed E-state index contributed by atoms with van der Waals surface area (Å²) in [7, 11) is 0. The van der Waals surface area contributed by atoms with Crippen LogP contribution in [-0.4, -0.2) is 0 Å². The average molecular weight is 218 g/mol. The maximum absolute atomic E-state index is 12.8. The van der Waals surface area contributed by atoms with Crippen molar-refractivity contribution < 1.29 is 8.81 Å². The van der Waals surface area contributed by atoms with Gasteiger partial charge < -0.3 is 4.42 Å². The van der Waals surface area contributed by atoms with Crippen molar-refractivity contribution in [1.29, 1.82) is 0 Å². The third-order valence-electron chi connectivity index (χ3n) is 2.47. The average Bonchev–Trinajstić information content (AvgIpc) is 2.67. The molecule has 2 aromatic rings. The van der Waals surface area contributed by atoms with Crippen LogP contribution in [0.2, 0.25) is 0 Å². The van der Waals surface area contributed by atoms with Gasteiger partial charge in [0, 0.05) is 11.0 Å². The molecule has 0 N–H and O–H groups in total. The summed E-state index contributed by atoms with van der Waals surface area (Å²) in [5.41, 5.74) is 0.898. The number of benzene rings is 1. The molecule has 84 valence electrons. The Bertz CT molecular complexity index is 474. The second-order valence-electron chi connectivity index (χ2n) is 4.92. The first-order valence-electron chi connectivity index (χ1n) is 5.33. The molecule has 0 spiro atoms. The SMILES string of the molecule is CC(C)(C)c1ccc(-c2ccc(F)cc2)o1. The molecule has 0 bridgehead atoms. The number of hydrogen-bond acceptors (Lipinski definition) is 1. The van der Waals surface area contributed by atoms with Crippen LogP contribution in [0.1, 0.15) is 26.5 Å². The van der Waals surface area contributed by atoms with E-state index in [1.54, 1.807) is 12.1 Å². The zero-order valence-electron chi connectivity index (χ0n) is 9.75. The first kappa shape index (κ1) is 10.9. The van der Waals surface area contributed by atoms with E-state index in [0.29, 0.717) is 0 Å². The van der Waals surface area contributed by atoms with Crippen LogP contribution in [0.25, 0.3) is 11.3 Å². The highest BCUT2D eigenvalue weighted by molar-refractivity contribution is 5.57. The predicted molar refractivity (Wildman–Crippen MR) is 62.8 cm³/mol. The minimum absolute atomic E-state index is 0.00171. The van der Waals surface area contributed by atoms with Gasteiger partial charge in [0.2, 0.25) is 0 Å². The molecule has 2 heteroatoms. The molecule has 16 heavy (non-hydrogen) atoms. The Balaban J connectivity index is 2.35. The maximum atomic E-state index is 12.8. The van der Waals surface area contributed by atoms with E-state index in [2.05, 4.69) is 20.8 Å². The summed E-state index contributed by atoms with van der Waals surface area (Å²) in [4.78, 5) is 0. The van der Waals surface area contributed by atoms with Gasteiger partial charge in [-0.3, -0.25) is 0 Å². The number of hydrogen-bond donors (Lipinski definition) is 0. The van der Waals surface area contributed by atoms with Gasteiger partial charge >= 0.3 is 0 Å². The quantitative estimate of drug-likeness (QED) is 0.692. The van der Waals surface area contributed by atoms with Gasteiger partial charge in [-0.2, -0.15) is 0 Å². The normalized spacial score (nSPS) is 11.8. The molecule has 0 fully saturated rings. The summed E-state index contributed by atoms with van der Waals surface area (Å²) in [6.07, 6.45) is 0. The second-order valence-corrected chi connectivity index (χ2v) is 4.92. The molecule has 0 unspecified atom stereocenters. The van der Waals surface area contributed by atoms with Crippen molar-refractivity contribution in [1.82, 2.24) is 0 Å². The van der Waals surface area contributed by atoms with Crippen LogP contribution in [0.5, 0.6) is 0 Å². The van der Waals surface area contributed by atoms with Crippen LogP contribution in [0.3, 0.4) is 0 Å². The Morgan fingerprint density at radius 2 is 1.56 bits per heavy atom. The number of furan rings is 1. The lowest BCUT2D eigenvalue weighted by Gasteiger charge is -2.14. The van der Waals surface area contributed by atoms with Crippen LogP contribution >= 0.6 is 0 Å². The Hall–Kier alpha value is -1.57. The molecular formula is C14H15FO. The summed E-state index contributed by atoms with van der Waals surface area (Å²) < 4.78 is 18.5. The molecule has 1 aromatic heterocycles. The Morgan fingerprint density at radius 3 is 2.06 bits per heavy atom. The molecule has 1 nitrogen and oxygen atoms in total. The van der Waals surface area contributed by atoms with Crippen LogP contribution in [0.15, 0.2) is 40.8 Å². The van der Waals surface area contributed by atoms with Crippen LogP contribution in [0, 0.1) is 5.82 Å². The van der Waals surface area contributed by atoms with E-state index >= 15 is 0 Å². The zero-order valence-corrected chi connectivity index (χ0v) is 9.75. The fourth-order valence-corrected chi connectivity index (χ4v) is 1.51. The molecule has 1 aromatic carbocycles. The van der Waals surface area contributed by atoms with Crippen LogP contribution < -0.4 is 0 Å². The first-order chi connectivity index (χ1) is 7.47. The van der Waals surface area contributed by atoms with E-state index in [9.17, 15) is 4.39 Å². The topological polar surface area (TPSA) is 13.1 Å². The summed E-state index contributed by atoms with van der Waals surface area (Å²) in [6.45, 7) is 6.29. The molecule has 0 saturated carbocycles. The Labute approximate surface area is 94.9 Å². The standard InChI is InChI=1S/C14H15FO/c1-14(2,3)13-9-8-12(16-13)10-4-6-11(15)7-5-10/h4-9H,1-3H3.